The number of hydrogen-bond donors (Lipinski definition) is 1. The maximum Gasteiger partial charge on any atom is 0.255 e. The molecule has 0 bridgehead atoms. The molecular formula is C14H14N2O2. The van der Waals surface area contributed by atoms with Gasteiger partial charge in [-0.15, -0.1) is 0 Å². The number of nitrogens with one attached hydrogen (secondary N) is 1. The summed E-state index contributed by atoms with van der Waals surface area (Å²) in [5, 5.41) is 2.82. The minimum atomic E-state index is -0.167. The minimum Gasteiger partial charge on any atom is -0.497 e. The van der Waals surface area contributed by atoms with E-state index in [2.05, 4.69) is 10.3 Å². The number of rotatable bonds is 3. The highest BCUT2D eigenvalue weighted by Gasteiger charge is 2.07. The van der Waals surface area contributed by atoms with Crippen LogP contribution in [0.15, 0.2) is 42.6 Å². The van der Waals surface area contributed by atoms with E-state index < -0.39 is 0 Å². The summed E-state index contributed by atoms with van der Waals surface area (Å²) in [6.07, 6.45) is 1.66. The van der Waals surface area contributed by atoms with Crippen molar-refractivity contribution in [3.05, 3.63) is 53.9 Å². The van der Waals surface area contributed by atoms with Crippen LogP contribution in [0.5, 0.6) is 5.75 Å². The number of nitrogens with zero attached hydrogens (tertiary/aromatic N) is 1. The van der Waals surface area contributed by atoms with Crippen LogP contribution in [0.1, 0.15) is 16.1 Å². The van der Waals surface area contributed by atoms with E-state index in [4.69, 9.17) is 4.74 Å². The van der Waals surface area contributed by atoms with Gasteiger partial charge in [-0.2, -0.15) is 0 Å². The lowest BCUT2D eigenvalue weighted by atomic mass is 10.2. The third kappa shape index (κ3) is 2.85. The Labute approximate surface area is 106 Å². The molecular weight excluding hydrogens is 228 g/mol. The zero-order valence-electron chi connectivity index (χ0n) is 10.3. The van der Waals surface area contributed by atoms with Crippen LogP contribution in [0.25, 0.3) is 0 Å². The first-order valence-corrected chi connectivity index (χ1v) is 5.57. The van der Waals surface area contributed by atoms with Crippen molar-refractivity contribution in [2.24, 2.45) is 0 Å². The zero-order valence-corrected chi connectivity index (χ0v) is 10.3. The number of carbonyl (C=O) groups is 1. The Balaban J connectivity index is 2.16. The Morgan fingerprint density at radius 1 is 1.28 bits per heavy atom. The molecule has 0 aliphatic rings. The second-order valence-electron chi connectivity index (χ2n) is 3.87. The fraction of sp³-hybridized carbons (Fsp3) is 0.143. The molecule has 0 aliphatic carbocycles. The quantitative estimate of drug-likeness (QED) is 0.900. The van der Waals surface area contributed by atoms with Crippen LogP contribution in [0.2, 0.25) is 0 Å². The zero-order chi connectivity index (χ0) is 13.0. The van der Waals surface area contributed by atoms with Crippen molar-refractivity contribution < 1.29 is 9.53 Å². The number of anilines is 1. The van der Waals surface area contributed by atoms with Gasteiger partial charge in [-0.25, -0.2) is 0 Å². The molecule has 1 heterocycles. The summed E-state index contributed by atoms with van der Waals surface area (Å²) in [5.41, 5.74) is 2.15. The smallest absolute Gasteiger partial charge is 0.255 e. The van der Waals surface area contributed by atoms with E-state index in [0.29, 0.717) is 11.3 Å². The molecule has 0 aliphatic heterocycles. The van der Waals surface area contributed by atoms with Crippen molar-refractivity contribution >= 4 is 11.6 Å². The van der Waals surface area contributed by atoms with Gasteiger partial charge in [0.15, 0.2) is 0 Å². The highest BCUT2D eigenvalue weighted by atomic mass is 16.5. The van der Waals surface area contributed by atoms with E-state index in [1.807, 2.05) is 13.0 Å². The number of amides is 1. The van der Waals surface area contributed by atoms with Crippen LogP contribution >= 0.6 is 0 Å². The summed E-state index contributed by atoms with van der Waals surface area (Å²) < 4.78 is 5.08. The monoisotopic (exact) mass is 242 g/mol. The van der Waals surface area contributed by atoms with Crippen LogP contribution in [0.3, 0.4) is 0 Å². The Bertz CT molecular complexity index is 567. The molecule has 1 aromatic carbocycles. The predicted octanol–water partition coefficient (Wildman–Crippen LogP) is 2.65. The van der Waals surface area contributed by atoms with E-state index in [0.717, 1.165) is 11.4 Å². The molecule has 2 aromatic rings. The molecule has 1 N–H and O–H groups in total. The highest BCUT2D eigenvalue weighted by molar-refractivity contribution is 6.04. The number of ether oxygens (including phenoxy) is 1. The molecule has 0 unspecified atom stereocenters. The second kappa shape index (κ2) is 5.31. The second-order valence-corrected chi connectivity index (χ2v) is 3.87. The number of methoxy groups -OCH3 is 1. The molecule has 2 rings (SSSR count). The Morgan fingerprint density at radius 3 is 2.83 bits per heavy atom. The van der Waals surface area contributed by atoms with E-state index in [1.54, 1.807) is 43.6 Å². The lowest BCUT2D eigenvalue weighted by Gasteiger charge is -2.06. The molecule has 1 amide bonds. The van der Waals surface area contributed by atoms with Gasteiger partial charge in [-0.3, -0.25) is 9.78 Å². The number of hydrogen-bond acceptors (Lipinski definition) is 3. The molecule has 4 nitrogen and oxygen atoms in total. The van der Waals surface area contributed by atoms with Crippen LogP contribution in [0, 0.1) is 6.92 Å². The molecule has 18 heavy (non-hydrogen) atoms. The molecule has 92 valence electrons. The van der Waals surface area contributed by atoms with E-state index >= 15 is 0 Å². The van der Waals surface area contributed by atoms with Gasteiger partial charge in [-0.05, 0) is 37.3 Å². The maximum absolute atomic E-state index is 12.0. The van der Waals surface area contributed by atoms with Gasteiger partial charge in [0.1, 0.15) is 5.75 Å². The number of aromatic nitrogens is 1. The minimum absolute atomic E-state index is 0.167. The molecule has 0 atom stereocenters. The van der Waals surface area contributed by atoms with Crippen LogP contribution in [0.4, 0.5) is 5.69 Å². The van der Waals surface area contributed by atoms with Crippen LogP contribution in [-0.4, -0.2) is 18.0 Å². The van der Waals surface area contributed by atoms with Gasteiger partial charge < -0.3 is 10.1 Å². The van der Waals surface area contributed by atoms with Crippen molar-refractivity contribution in [2.45, 2.75) is 6.92 Å². The summed E-state index contributed by atoms with van der Waals surface area (Å²) in [4.78, 5) is 16.1. The van der Waals surface area contributed by atoms with Crippen molar-refractivity contribution in [3.8, 4) is 5.75 Å². The van der Waals surface area contributed by atoms with Gasteiger partial charge in [0.25, 0.3) is 5.91 Å². The molecule has 0 spiro atoms. The van der Waals surface area contributed by atoms with Crippen molar-refractivity contribution in [1.82, 2.24) is 4.98 Å². The molecule has 0 fully saturated rings. The average Bonchev–Trinajstić information content (AvgIpc) is 2.39. The predicted molar refractivity (Wildman–Crippen MR) is 69.9 cm³/mol. The van der Waals surface area contributed by atoms with Crippen LogP contribution in [-0.2, 0) is 0 Å². The van der Waals surface area contributed by atoms with E-state index in [9.17, 15) is 4.79 Å². The fourth-order valence-electron chi connectivity index (χ4n) is 1.59. The number of pyridine rings is 1. The third-order valence-electron chi connectivity index (χ3n) is 2.49. The number of carbonyl (C=O) groups excluding carboxylic acids is 1. The number of aryl methyl sites for hydroxylation is 1. The Morgan fingerprint density at radius 2 is 2.11 bits per heavy atom. The first-order chi connectivity index (χ1) is 8.69. The maximum atomic E-state index is 12.0. The van der Waals surface area contributed by atoms with Gasteiger partial charge in [0.05, 0.1) is 7.11 Å². The lowest BCUT2D eigenvalue weighted by molar-refractivity contribution is 0.102. The SMILES string of the molecule is COc1cccc(C(=O)Nc2ccnc(C)c2)c1. The first-order valence-electron chi connectivity index (χ1n) is 5.57. The highest BCUT2D eigenvalue weighted by Crippen LogP contribution is 2.14. The topological polar surface area (TPSA) is 51.2 Å². The van der Waals surface area contributed by atoms with Gasteiger partial charge in [-0.1, -0.05) is 6.07 Å². The number of benzene rings is 1. The average molecular weight is 242 g/mol. The van der Waals surface area contributed by atoms with Gasteiger partial charge in [0, 0.05) is 23.1 Å². The third-order valence-corrected chi connectivity index (χ3v) is 2.49. The molecule has 1 aromatic heterocycles. The molecule has 0 radical (unpaired) electrons. The van der Waals surface area contributed by atoms with Crippen molar-refractivity contribution in [1.29, 1.82) is 0 Å². The lowest BCUT2D eigenvalue weighted by Crippen LogP contribution is -2.12. The van der Waals surface area contributed by atoms with Gasteiger partial charge >= 0.3 is 0 Å². The molecule has 0 saturated carbocycles. The summed E-state index contributed by atoms with van der Waals surface area (Å²) in [6.45, 7) is 1.88. The Kier molecular flexibility index (Phi) is 3.57. The molecule has 0 saturated heterocycles. The standard InChI is InChI=1S/C14H14N2O2/c1-10-8-12(6-7-15-10)16-14(17)11-4-3-5-13(9-11)18-2/h3-9H,1-2H3,(H,15,16,17). The van der Waals surface area contributed by atoms with E-state index in [1.165, 1.54) is 0 Å². The molecule has 4 heteroatoms. The summed E-state index contributed by atoms with van der Waals surface area (Å²) >= 11 is 0. The summed E-state index contributed by atoms with van der Waals surface area (Å²) in [6, 6.07) is 10.6. The fourth-order valence-corrected chi connectivity index (χ4v) is 1.59. The van der Waals surface area contributed by atoms with E-state index in [-0.39, 0.29) is 5.91 Å². The van der Waals surface area contributed by atoms with Crippen molar-refractivity contribution in [2.75, 3.05) is 12.4 Å². The van der Waals surface area contributed by atoms with Crippen LogP contribution < -0.4 is 10.1 Å². The normalized spacial score (nSPS) is 9.89. The largest absolute Gasteiger partial charge is 0.497 e. The van der Waals surface area contributed by atoms with Crippen molar-refractivity contribution in [3.63, 3.8) is 0 Å². The Hall–Kier alpha value is -2.36. The summed E-state index contributed by atoms with van der Waals surface area (Å²) in [5.74, 6) is 0.494. The van der Waals surface area contributed by atoms with Gasteiger partial charge in [0.2, 0.25) is 0 Å². The summed E-state index contributed by atoms with van der Waals surface area (Å²) in [7, 11) is 1.57. The first kappa shape index (κ1) is 12.1.